The summed E-state index contributed by atoms with van der Waals surface area (Å²) >= 11 is 0.897. The van der Waals surface area contributed by atoms with Crippen molar-refractivity contribution in [2.24, 2.45) is 0 Å². The van der Waals surface area contributed by atoms with Gasteiger partial charge in [0.2, 0.25) is 0 Å². The first-order chi connectivity index (χ1) is 8.87. The number of aromatic amines is 1. The molecule has 2 aromatic rings. The Morgan fingerprint density at radius 1 is 1.53 bits per heavy atom. The van der Waals surface area contributed by atoms with Crippen LogP contribution in [0, 0.1) is 6.92 Å². The maximum Gasteiger partial charge on any atom is 0.308 e. The van der Waals surface area contributed by atoms with Gasteiger partial charge in [0.05, 0.1) is 6.42 Å². The summed E-state index contributed by atoms with van der Waals surface area (Å²) < 4.78 is 26.2. The highest BCUT2D eigenvalue weighted by Gasteiger charge is 2.19. The Kier molecular flexibility index (Phi) is 3.53. The van der Waals surface area contributed by atoms with Crippen molar-refractivity contribution in [3.05, 3.63) is 22.8 Å². The first kappa shape index (κ1) is 13.5. The van der Waals surface area contributed by atoms with E-state index in [0.717, 1.165) is 11.3 Å². The van der Waals surface area contributed by atoms with Gasteiger partial charge < -0.3 is 5.11 Å². The van der Waals surface area contributed by atoms with Crippen molar-refractivity contribution in [3.63, 3.8) is 0 Å². The molecule has 3 N–H and O–H groups in total. The number of aliphatic carboxylic acids is 1. The standard InChI is InChI=1S/C9H10N4O4S2/c1-5-10-9(12-11-5)13-19(16,17)8-3-2-6(18-8)4-7(14)15/h2-3H,4H2,1H3,(H,14,15)(H2,10,11,12,13). The lowest BCUT2D eigenvalue weighted by molar-refractivity contribution is -0.136. The Hall–Kier alpha value is -1.94. The molecule has 2 rings (SSSR count). The third kappa shape index (κ3) is 3.29. The van der Waals surface area contributed by atoms with E-state index in [1.165, 1.54) is 12.1 Å². The first-order valence-electron chi connectivity index (χ1n) is 5.09. The number of carboxylic acids is 1. The number of aromatic nitrogens is 3. The summed E-state index contributed by atoms with van der Waals surface area (Å²) in [6.07, 6.45) is -0.208. The summed E-state index contributed by atoms with van der Waals surface area (Å²) in [4.78, 5) is 14.8. The molecule has 0 saturated carbocycles. The van der Waals surface area contributed by atoms with E-state index in [0.29, 0.717) is 10.7 Å². The minimum atomic E-state index is -3.78. The van der Waals surface area contributed by atoms with E-state index >= 15 is 0 Å². The molecular weight excluding hydrogens is 292 g/mol. The highest BCUT2D eigenvalue weighted by Crippen LogP contribution is 2.23. The zero-order valence-corrected chi connectivity index (χ0v) is 11.4. The molecule has 0 spiro atoms. The predicted octanol–water partition coefficient (Wildman–Crippen LogP) is 0.603. The highest BCUT2D eigenvalue weighted by atomic mass is 32.2. The van der Waals surface area contributed by atoms with Crippen molar-refractivity contribution >= 4 is 33.3 Å². The van der Waals surface area contributed by atoms with Crippen molar-refractivity contribution in [1.29, 1.82) is 0 Å². The van der Waals surface area contributed by atoms with Crippen LogP contribution >= 0.6 is 11.3 Å². The minimum absolute atomic E-state index is 0.0196. The fourth-order valence-corrected chi connectivity index (χ4v) is 3.60. The van der Waals surface area contributed by atoms with Gasteiger partial charge in [-0.1, -0.05) is 0 Å². The van der Waals surface area contributed by atoms with E-state index in [1.54, 1.807) is 6.92 Å². The van der Waals surface area contributed by atoms with Crippen LogP contribution in [0.4, 0.5) is 5.95 Å². The number of H-pyrrole nitrogens is 1. The second kappa shape index (κ2) is 4.97. The lowest BCUT2D eigenvalue weighted by atomic mass is 10.3. The number of carboxylic acid groups (broad SMARTS) is 1. The third-order valence-electron chi connectivity index (χ3n) is 2.05. The van der Waals surface area contributed by atoms with Crippen LogP contribution in [0.5, 0.6) is 0 Å². The monoisotopic (exact) mass is 302 g/mol. The average molecular weight is 302 g/mol. The zero-order valence-electron chi connectivity index (χ0n) is 9.74. The molecule has 102 valence electrons. The Bertz CT molecular complexity index is 703. The van der Waals surface area contributed by atoms with Gasteiger partial charge in [-0.2, -0.15) is 4.98 Å². The van der Waals surface area contributed by atoms with Crippen LogP contribution < -0.4 is 4.72 Å². The van der Waals surface area contributed by atoms with Crippen molar-refractivity contribution in [3.8, 4) is 0 Å². The molecule has 0 aliphatic carbocycles. The predicted molar refractivity (Wildman–Crippen MR) is 67.6 cm³/mol. The maximum absolute atomic E-state index is 12.0. The van der Waals surface area contributed by atoms with Gasteiger partial charge in [0.25, 0.3) is 16.0 Å². The van der Waals surface area contributed by atoms with Gasteiger partial charge in [-0.25, -0.2) is 13.1 Å². The number of aryl methyl sites for hydroxylation is 1. The molecule has 0 aliphatic heterocycles. The van der Waals surface area contributed by atoms with E-state index in [4.69, 9.17) is 5.11 Å². The molecule has 0 radical (unpaired) electrons. The molecule has 0 unspecified atom stereocenters. The van der Waals surface area contributed by atoms with Crippen LogP contribution in [0.1, 0.15) is 10.7 Å². The highest BCUT2D eigenvalue weighted by molar-refractivity contribution is 7.94. The quantitative estimate of drug-likeness (QED) is 0.742. The number of hydrogen-bond acceptors (Lipinski definition) is 6. The summed E-state index contributed by atoms with van der Waals surface area (Å²) in [5.41, 5.74) is 0. The number of sulfonamides is 1. The normalized spacial score (nSPS) is 11.4. The molecule has 0 atom stereocenters. The summed E-state index contributed by atoms with van der Waals surface area (Å²) in [7, 11) is -3.78. The van der Waals surface area contributed by atoms with Gasteiger partial charge >= 0.3 is 5.97 Å². The number of anilines is 1. The van der Waals surface area contributed by atoms with Gasteiger partial charge in [0.1, 0.15) is 10.0 Å². The lowest BCUT2D eigenvalue weighted by Crippen LogP contribution is -2.12. The number of nitrogens with zero attached hydrogens (tertiary/aromatic N) is 2. The molecule has 0 amide bonds. The van der Waals surface area contributed by atoms with E-state index < -0.39 is 16.0 Å². The van der Waals surface area contributed by atoms with Gasteiger partial charge in [0.15, 0.2) is 0 Å². The molecule has 10 heteroatoms. The largest absolute Gasteiger partial charge is 0.481 e. The van der Waals surface area contributed by atoms with Crippen molar-refractivity contribution in [2.75, 3.05) is 4.72 Å². The molecule has 2 heterocycles. The summed E-state index contributed by atoms with van der Waals surface area (Å²) in [6.45, 7) is 1.64. The molecule has 19 heavy (non-hydrogen) atoms. The van der Waals surface area contributed by atoms with Crippen molar-refractivity contribution in [2.45, 2.75) is 17.6 Å². The Morgan fingerprint density at radius 2 is 2.26 bits per heavy atom. The van der Waals surface area contributed by atoms with Gasteiger partial charge in [-0.05, 0) is 19.1 Å². The van der Waals surface area contributed by atoms with Gasteiger partial charge in [-0.15, -0.1) is 16.4 Å². The van der Waals surface area contributed by atoms with Crippen LogP contribution in [0.15, 0.2) is 16.3 Å². The smallest absolute Gasteiger partial charge is 0.308 e. The molecular formula is C9H10N4O4S2. The average Bonchev–Trinajstić information content (AvgIpc) is 2.87. The molecule has 2 aromatic heterocycles. The number of hydrogen-bond donors (Lipinski definition) is 3. The SMILES string of the molecule is Cc1nc(NS(=O)(=O)c2ccc(CC(=O)O)s2)n[nH]1. The lowest BCUT2D eigenvalue weighted by Gasteiger charge is -2.00. The van der Waals surface area contributed by atoms with Gasteiger partial charge in [0, 0.05) is 4.88 Å². The minimum Gasteiger partial charge on any atom is -0.481 e. The molecule has 0 aromatic carbocycles. The summed E-state index contributed by atoms with van der Waals surface area (Å²) in [5.74, 6) is -0.579. The van der Waals surface area contributed by atoms with E-state index in [9.17, 15) is 13.2 Å². The van der Waals surface area contributed by atoms with Crippen LogP contribution in [-0.4, -0.2) is 34.7 Å². The first-order valence-corrected chi connectivity index (χ1v) is 7.39. The molecule has 0 aliphatic rings. The Labute approximate surface area is 112 Å². The summed E-state index contributed by atoms with van der Waals surface area (Å²) in [6, 6.07) is 2.82. The van der Waals surface area contributed by atoms with Crippen molar-refractivity contribution in [1.82, 2.24) is 15.2 Å². The molecule has 0 saturated heterocycles. The summed E-state index contributed by atoms with van der Waals surface area (Å²) in [5, 5.41) is 14.8. The number of carbonyl (C=O) groups is 1. The second-order valence-corrected chi connectivity index (χ2v) is 6.72. The number of rotatable bonds is 5. The van der Waals surface area contributed by atoms with Crippen LogP contribution in [-0.2, 0) is 21.2 Å². The number of nitrogens with one attached hydrogen (secondary N) is 2. The third-order valence-corrected chi connectivity index (χ3v) is 4.96. The number of thiophene rings is 1. The topological polar surface area (TPSA) is 125 Å². The molecule has 0 fully saturated rings. The van der Waals surface area contributed by atoms with Crippen molar-refractivity contribution < 1.29 is 18.3 Å². The van der Waals surface area contributed by atoms with E-state index in [-0.39, 0.29) is 16.6 Å². The maximum atomic E-state index is 12.0. The molecule has 8 nitrogen and oxygen atoms in total. The Morgan fingerprint density at radius 3 is 2.84 bits per heavy atom. The van der Waals surface area contributed by atoms with Gasteiger partial charge in [-0.3, -0.25) is 9.89 Å². The van der Waals surface area contributed by atoms with Crippen LogP contribution in [0.3, 0.4) is 0 Å². The van der Waals surface area contributed by atoms with Crippen LogP contribution in [0.2, 0.25) is 0 Å². The van der Waals surface area contributed by atoms with E-state index in [1.807, 2.05) is 0 Å². The van der Waals surface area contributed by atoms with E-state index in [2.05, 4.69) is 19.9 Å². The fourth-order valence-electron chi connectivity index (χ4n) is 1.31. The zero-order chi connectivity index (χ0) is 14.0. The van der Waals surface area contributed by atoms with Crippen LogP contribution in [0.25, 0.3) is 0 Å². The molecule has 0 bridgehead atoms. The second-order valence-electron chi connectivity index (χ2n) is 3.64. The fraction of sp³-hybridized carbons (Fsp3) is 0.222. The Balaban J connectivity index is 2.19.